The maximum absolute atomic E-state index is 5.27. The van der Waals surface area contributed by atoms with Crippen molar-refractivity contribution in [3.8, 4) is 157 Å². The first-order valence-electron chi connectivity index (χ1n) is 34.1. The van der Waals surface area contributed by atoms with Crippen LogP contribution < -0.4 is 0 Å². The van der Waals surface area contributed by atoms with Gasteiger partial charge in [0.15, 0.2) is 11.6 Å². The van der Waals surface area contributed by atoms with E-state index in [0.717, 1.165) is 101 Å². The van der Waals surface area contributed by atoms with Crippen LogP contribution in [0.4, 0.5) is 0 Å². The first-order chi connectivity index (χ1) is 49.1. The number of benzene rings is 14. The smallest absolute Gasteiger partial charge is 0.160 e. The quantitative estimate of drug-likeness (QED) is 0.109. The first kappa shape index (κ1) is 63.3. The van der Waals surface area contributed by atoms with Crippen molar-refractivity contribution < 1.29 is 0 Å². The lowest BCUT2D eigenvalue weighted by atomic mass is 9.90. The van der Waals surface area contributed by atoms with E-state index < -0.39 is 0 Å². The molecule has 476 valence electrons. The van der Waals surface area contributed by atoms with E-state index in [-0.39, 0.29) is 0 Å². The highest BCUT2D eigenvalue weighted by molar-refractivity contribution is 5.90. The van der Waals surface area contributed by atoms with Crippen LogP contribution >= 0.6 is 0 Å². The third-order valence-electron chi connectivity index (χ3n) is 18.4. The second kappa shape index (κ2) is 28.9. The zero-order valence-electron chi connectivity index (χ0n) is 56.4. The molecule has 14 aromatic carbocycles. The zero-order chi connectivity index (χ0) is 67.7. The molecule has 0 saturated carbocycles. The second-order valence-electron chi connectivity index (χ2n) is 25.7. The number of hydrogen-bond donors (Lipinski definition) is 0. The van der Waals surface area contributed by atoms with Gasteiger partial charge in [0.25, 0.3) is 0 Å². The summed E-state index contributed by atoms with van der Waals surface area (Å²) in [7, 11) is 0. The third kappa shape index (κ3) is 14.5. The van der Waals surface area contributed by atoms with Crippen molar-refractivity contribution in [3.05, 3.63) is 386 Å². The highest BCUT2D eigenvalue weighted by atomic mass is 14.9. The summed E-state index contributed by atoms with van der Waals surface area (Å²) in [6, 6.07) is 129. The van der Waals surface area contributed by atoms with Crippen LogP contribution in [0.3, 0.4) is 0 Å². The lowest BCUT2D eigenvalue weighted by Crippen LogP contribution is -1.97. The van der Waals surface area contributed by atoms with Crippen molar-refractivity contribution in [2.45, 2.75) is 27.7 Å². The molecule has 0 fully saturated rings. The predicted octanol–water partition coefficient (Wildman–Crippen LogP) is 25.5. The summed E-state index contributed by atoms with van der Waals surface area (Å²) in [6.45, 7) is 8.53. The Hall–Kier alpha value is -12.8. The summed E-state index contributed by atoms with van der Waals surface area (Å²) in [5.41, 5.74) is 33.4. The van der Waals surface area contributed by atoms with E-state index >= 15 is 0 Å². The van der Waals surface area contributed by atoms with Crippen molar-refractivity contribution in [3.63, 3.8) is 0 Å². The van der Waals surface area contributed by atoms with Gasteiger partial charge in [0.05, 0.1) is 22.8 Å². The molecule has 4 nitrogen and oxygen atoms in total. The Bertz CT molecular complexity index is 5330. The molecule has 0 bridgehead atoms. The van der Waals surface area contributed by atoms with Crippen LogP contribution in [0.15, 0.2) is 364 Å². The fourth-order valence-corrected chi connectivity index (χ4v) is 13.1. The van der Waals surface area contributed by atoms with Crippen LogP contribution in [0.1, 0.15) is 22.3 Å². The Labute approximate surface area is 587 Å². The number of aromatic nitrogens is 4. The summed E-state index contributed by atoms with van der Waals surface area (Å²) in [4.78, 5) is 20.6. The molecule has 0 amide bonds. The van der Waals surface area contributed by atoms with E-state index in [1.165, 1.54) is 66.8 Å². The minimum Gasteiger partial charge on any atom is -0.228 e. The Morgan fingerprint density at radius 3 is 0.820 bits per heavy atom. The monoisotopic (exact) mass is 1280 g/mol. The average Bonchev–Trinajstić information content (AvgIpc) is 0.780. The molecule has 0 unspecified atom stereocenters. The summed E-state index contributed by atoms with van der Waals surface area (Å²) >= 11 is 0. The SMILES string of the molecule is Cc1ccc(-c2cccc(-c3ccc(-c4cccc(-c5ccc(C)cc5)c4)c(-c4cc(-c5ccccc5)nc(-c5ccccc5)n4)c3)c2)cc1.Cc1cccc(-c2cccc(-c3cc(-c4cccc(-c5cccc(C)c5)c4)cc(-c4cc(-c5ccccc5)nc(-c5ccccc5)n4)c3)c2)c1. The molecule has 0 radical (unpaired) electrons. The average molecular weight is 1280 g/mol. The zero-order valence-corrected chi connectivity index (χ0v) is 56.4. The lowest BCUT2D eigenvalue weighted by molar-refractivity contribution is 1.18. The van der Waals surface area contributed by atoms with Crippen molar-refractivity contribution in [1.29, 1.82) is 0 Å². The Balaban J connectivity index is 0.000000162. The van der Waals surface area contributed by atoms with Gasteiger partial charge in [0, 0.05) is 33.4 Å². The minimum atomic E-state index is 0.702. The summed E-state index contributed by atoms with van der Waals surface area (Å²) in [6.07, 6.45) is 0. The standard InChI is InChI=1S/2C48H36N2/c1-33-13-9-19-37(25-33)39-21-11-23-41(27-39)43-29-44(42-24-12-22-40(28-42)38-20-10-14-34(2)26-38)31-45(30-43)47-32-46(35-15-5-3-6-16-35)49-48(50-47)36-17-7-4-8-18-36;1-33-19-23-35(24-20-33)39-15-9-17-41(29-39)42-27-28-44(43-18-10-16-40(30-43)36-25-21-34(2)22-26-36)45(31-42)47-32-46(37-11-5-3-6-12-37)49-48(50-47)38-13-7-4-8-14-38/h2*3-32H,1-2H3. The third-order valence-corrected chi connectivity index (χ3v) is 18.4. The van der Waals surface area contributed by atoms with Crippen molar-refractivity contribution >= 4 is 0 Å². The molecule has 0 N–H and O–H groups in total. The van der Waals surface area contributed by atoms with Gasteiger partial charge in [-0.2, -0.15) is 0 Å². The van der Waals surface area contributed by atoms with Crippen LogP contribution in [0.25, 0.3) is 157 Å². The lowest BCUT2D eigenvalue weighted by Gasteiger charge is -2.16. The Morgan fingerprint density at radius 1 is 0.140 bits per heavy atom. The van der Waals surface area contributed by atoms with Gasteiger partial charge >= 0.3 is 0 Å². The molecule has 16 rings (SSSR count). The van der Waals surface area contributed by atoms with Gasteiger partial charge in [0.2, 0.25) is 0 Å². The van der Waals surface area contributed by atoms with Crippen LogP contribution in [-0.2, 0) is 0 Å². The predicted molar refractivity (Wildman–Crippen MR) is 419 cm³/mol. The molecule has 0 aliphatic rings. The topological polar surface area (TPSA) is 51.6 Å². The van der Waals surface area contributed by atoms with E-state index in [1.807, 2.05) is 48.5 Å². The normalized spacial score (nSPS) is 11.0. The van der Waals surface area contributed by atoms with Gasteiger partial charge in [-0.15, -0.1) is 0 Å². The highest BCUT2D eigenvalue weighted by Gasteiger charge is 2.19. The molecule has 4 heteroatoms. The molecular formula is C96H72N4. The van der Waals surface area contributed by atoms with E-state index in [4.69, 9.17) is 19.9 Å². The molecule has 0 aliphatic heterocycles. The van der Waals surface area contributed by atoms with Gasteiger partial charge in [-0.25, -0.2) is 19.9 Å². The van der Waals surface area contributed by atoms with Gasteiger partial charge in [-0.3, -0.25) is 0 Å². The number of hydrogen-bond acceptors (Lipinski definition) is 4. The van der Waals surface area contributed by atoms with Crippen LogP contribution in [-0.4, -0.2) is 19.9 Å². The largest absolute Gasteiger partial charge is 0.228 e. The Kier molecular flexibility index (Phi) is 18.3. The number of aryl methyl sites for hydroxylation is 4. The fourth-order valence-electron chi connectivity index (χ4n) is 13.1. The van der Waals surface area contributed by atoms with Gasteiger partial charge in [0.1, 0.15) is 0 Å². The Morgan fingerprint density at radius 2 is 0.410 bits per heavy atom. The molecule has 0 saturated heterocycles. The summed E-state index contributed by atoms with van der Waals surface area (Å²) in [5.74, 6) is 1.41. The summed E-state index contributed by atoms with van der Waals surface area (Å²) < 4.78 is 0. The number of nitrogens with zero attached hydrogens (tertiary/aromatic N) is 4. The van der Waals surface area contributed by atoms with Gasteiger partial charge < -0.3 is 0 Å². The van der Waals surface area contributed by atoms with Crippen LogP contribution in [0, 0.1) is 27.7 Å². The first-order valence-corrected chi connectivity index (χ1v) is 34.1. The molecular weight excluding hydrogens is 1210 g/mol. The van der Waals surface area contributed by atoms with E-state index in [0.29, 0.717) is 11.6 Å². The van der Waals surface area contributed by atoms with Crippen molar-refractivity contribution in [1.82, 2.24) is 19.9 Å². The fraction of sp³-hybridized carbons (Fsp3) is 0.0417. The highest BCUT2D eigenvalue weighted by Crippen LogP contribution is 2.41. The molecule has 0 spiro atoms. The molecule has 100 heavy (non-hydrogen) atoms. The summed E-state index contributed by atoms with van der Waals surface area (Å²) in [5, 5.41) is 0. The molecule has 0 aliphatic carbocycles. The van der Waals surface area contributed by atoms with Crippen molar-refractivity contribution in [2.24, 2.45) is 0 Å². The van der Waals surface area contributed by atoms with Gasteiger partial charge in [-0.1, -0.05) is 326 Å². The molecule has 2 aromatic heterocycles. The van der Waals surface area contributed by atoms with E-state index in [9.17, 15) is 0 Å². The maximum atomic E-state index is 5.27. The van der Waals surface area contributed by atoms with Gasteiger partial charge in [-0.05, 0) is 177 Å². The molecule has 0 atom stereocenters. The number of rotatable bonds is 14. The molecule has 16 aromatic rings. The van der Waals surface area contributed by atoms with Crippen LogP contribution in [0.2, 0.25) is 0 Å². The molecule has 2 heterocycles. The maximum Gasteiger partial charge on any atom is 0.160 e. The van der Waals surface area contributed by atoms with E-state index in [1.54, 1.807) is 0 Å². The second-order valence-corrected chi connectivity index (χ2v) is 25.7. The van der Waals surface area contributed by atoms with Crippen molar-refractivity contribution in [2.75, 3.05) is 0 Å². The minimum absolute atomic E-state index is 0.702. The van der Waals surface area contributed by atoms with E-state index in [2.05, 4.69) is 343 Å². The van der Waals surface area contributed by atoms with Crippen LogP contribution in [0.5, 0.6) is 0 Å².